The van der Waals surface area contributed by atoms with Gasteiger partial charge in [0, 0.05) is 50.1 Å². The molecule has 11 heteroatoms. The standard InChI is InChI=1S/C28H32F3N5O2S/c1-18-16-24(28(29,30)31)33-36(18)15-12-25(37)35-13-10-20(11-14-35)26-32-22(17-39-26)27(38)34(2)23-9-5-7-19-6-3-4-8-21(19)23/h3-4,6,8,16-17,20,23H,5,7,9-15H2,1-2H3/t23-/m1/s1. The summed E-state index contributed by atoms with van der Waals surface area (Å²) in [5.74, 6) is -0.000249. The predicted molar refractivity (Wildman–Crippen MR) is 141 cm³/mol. The van der Waals surface area contributed by atoms with Gasteiger partial charge in [-0.3, -0.25) is 14.3 Å². The number of hydrogen-bond acceptors (Lipinski definition) is 5. The number of hydrogen-bond donors (Lipinski definition) is 0. The average Bonchev–Trinajstić information content (AvgIpc) is 3.58. The lowest BCUT2D eigenvalue weighted by atomic mass is 9.87. The molecule has 0 bridgehead atoms. The first-order valence-electron chi connectivity index (χ1n) is 13.3. The number of alkyl halides is 3. The Kier molecular flexibility index (Phi) is 7.80. The molecule has 0 spiro atoms. The normalized spacial score (nSPS) is 18.2. The molecule has 1 fully saturated rings. The fourth-order valence-electron chi connectivity index (χ4n) is 5.64. The van der Waals surface area contributed by atoms with Gasteiger partial charge in [0.2, 0.25) is 5.91 Å². The summed E-state index contributed by atoms with van der Waals surface area (Å²) < 4.78 is 39.9. The Hall–Kier alpha value is -3.21. The number of aryl methyl sites for hydroxylation is 3. The number of benzene rings is 1. The van der Waals surface area contributed by atoms with E-state index >= 15 is 0 Å². The Morgan fingerprint density at radius 1 is 1.15 bits per heavy atom. The van der Waals surface area contributed by atoms with Crippen molar-refractivity contribution in [3.8, 4) is 0 Å². The van der Waals surface area contributed by atoms with Crippen LogP contribution in [0.5, 0.6) is 0 Å². The molecule has 208 valence electrons. The van der Waals surface area contributed by atoms with Crippen molar-refractivity contribution in [1.82, 2.24) is 24.6 Å². The van der Waals surface area contributed by atoms with Gasteiger partial charge >= 0.3 is 6.18 Å². The lowest BCUT2D eigenvalue weighted by molar-refractivity contribution is -0.141. The third-order valence-corrected chi connectivity index (χ3v) is 8.88. The zero-order chi connectivity index (χ0) is 27.7. The molecule has 1 aliphatic carbocycles. The maximum Gasteiger partial charge on any atom is 0.435 e. The van der Waals surface area contributed by atoms with Crippen molar-refractivity contribution < 1.29 is 22.8 Å². The SMILES string of the molecule is Cc1cc(C(F)(F)F)nn1CCC(=O)N1CCC(c2nc(C(=O)N(C)[C@@H]3CCCc4ccccc43)cs2)CC1. The van der Waals surface area contributed by atoms with Gasteiger partial charge in [0.25, 0.3) is 5.91 Å². The summed E-state index contributed by atoms with van der Waals surface area (Å²) in [6.45, 7) is 2.77. The van der Waals surface area contributed by atoms with E-state index in [4.69, 9.17) is 4.98 Å². The fourth-order valence-corrected chi connectivity index (χ4v) is 6.60. The first-order valence-corrected chi connectivity index (χ1v) is 14.2. The van der Waals surface area contributed by atoms with Crippen LogP contribution in [0.15, 0.2) is 35.7 Å². The van der Waals surface area contributed by atoms with Crippen LogP contribution in [0.25, 0.3) is 0 Å². The summed E-state index contributed by atoms with van der Waals surface area (Å²) in [7, 11) is 1.85. The highest BCUT2D eigenvalue weighted by Gasteiger charge is 2.35. The molecule has 1 aliphatic heterocycles. The number of piperidine rings is 1. The van der Waals surface area contributed by atoms with E-state index in [0.717, 1.165) is 43.2 Å². The van der Waals surface area contributed by atoms with Gasteiger partial charge in [-0.2, -0.15) is 18.3 Å². The quantitative estimate of drug-likeness (QED) is 0.394. The van der Waals surface area contributed by atoms with Gasteiger partial charge in [0.15, 0.2) is 5.69 Å². The minimum Gasteiger partial charge on any atom is -0.343 e. The number of halogens is 3. The van der Waals surface area contributed by atoms with Crippen molar-refractivity contribution in [3.05, 3.63) is 68.9 Å². The number of likely N-dealkylation sites (tertiary alicyclic amines) is 1. The molecule has 0 N–H and O–H groups in total. The van der Waals surface area contributed by atoms with Crippen LogP contribution in [0.3, 0.4) is 0 Å². The Morgan fingerprint density at radius 3 is 2.62 bits per heavy atom. The topological polar surface area (TPSA) is 71.3 Å². The monoisotopic (exact) mass is 559 g/mol. The fraction of sp³-hybridized carbons (Fsp3) is 0.500. The minimum absolute atomic E-state index is 0.0485. The predicted octanol–water partition coefficient (Wildman–Crippen LogP) is 5.61. The second-order valence-corrected chi connectivity index (χ2v) is 11.3. The number of aromatic nitrogens is 3. The summed E-state index contributed by atoms with van der Waals surface area (Å²) in [4.78, 5) is 34.3. The number of rotatable bonds is 6. The van der Waals surface area contributed by atoms with Crippen molar-refractivity contribution in [1.29, 1.82) is 0 Å². The van der Waals surface area contributed by atoms with E-state index in [9.17, 15) is 22.8 Å². The van der Waals surface area contributed by atoms with Crippen molar-refractivity contribution in [2.75, 3.05) is 20.1 Å². The van der Waals surface area contributed by atoms with Gasteiger partial charge in [-0.25, -0.2) is 4.98 Å². The van der Waals surface area contributed by atoms with Gasteiger partial charge < -0.3 is 9.80 Å². The van der Waals surface area contributed by atoms with E-state index in [1.54, 1.807) is 11.8 Å². The molecule has 1 saturated heterocycles. The largest absolute Gasteiger partial charge is 0.435 e. The molecule has 0 radical (unpaired) electrons. The van der Waals surface area contributed by atoms with Crippen molar-refractivity contribution in [3.63, 3.8) is 0 Å². The van der Waals surface area contributed by atoms with Gasteiger partial charge in [-0.15, -0.1) is 11.3 Å². The number of amides is 2. The summed E-state index contributed by atoms with van der Waals surface area (Å²) in [6.07, 6.45) is 0.0886. The van der Waals surface area contributed by atoms with Gasteiger partial charge in [-0.1, -0.05) is 24.3 Å². The Morgan fingerprint density at radius 2 is 1.90 bits per heavy atom. The number of carbonyl (C=O) groups excluding carboxylic acids is 2. The highest BCUT2D eigenvalue weighted by Crippen LogP contribution is 2.35. The molecule has 2 aromatic heterocycles. The van der Waals surface area contributed by atoms with Crippen molar-refractivity contribution in [2.45, 2.75) is 70.1 Å². The zero-order valence-corrected chi connectivity index (χ0v) is 22.9. The molecule has 3 heterocycles. The molecular weight excluding hydrogens is 527 g/mol. The van der Waals surface area contributed by atoms with Gasteiger partial charge in [0.1, 0.15) is 5.69 Å². The van der Waals surface area contributed by atoms with Crippen LogP contribution >= 0.6 is 11.3 Å². The molecule has 3 aromatic rings. The summed E-state index contributed by atoms with van der Waals surface area (Å²) >= 11 is 1.49. The van der Waals surface area contributed by atoms with Gasteiger partial charge in [0.05, 0.1) is 11.0 Å². The zero-order valence-electron chi connectivity index (χ0n) is 22.1. The first-order chi connectivity index (χ1) is 18.6. The summed E-state index contributed by atoms with van der Waals surface area (Å²) in [5, 5.41) is 6.35. The third-order valence-electron chi connectivity index (χ3n) is 7.87. The average molecular weight is 560 g/mol. The molecule has 1 aromatic carbocycles. The van der Waals surface area contributed by atoms with Crippen LogP contribution in [0, 0.1) is 6.92 Å². The van der Waals surface area contributed by atoms with Crippen LogP contribution < -0.4 is 0 Å². The van der Waals surface area contributed by atoms with E-state index in [2.05, 4.69) is 17.2 Å². The van der Waals surface area contributed by atoms with Crippen LogP contribution in [0.2, 0.25) is 0 Å². The van der Waals surface area contributed by atoms with Crippen LogP contribution in [0.1, 0.15) is 82.1 Å². The number of carbonyl (C=O) groups is 2. The molecule has 2 amide bonds. The molecular formula is C28H32F3N5O2S. The molecule has 39 heavy (non-hydrogen) atoms. The first kappa shape index (κ1) is 27.4. The maximum atomic E-state index is 13.3. The molecule has 1 atom stereocenters. The molecule has 0 saturated carbocycles. The van der Waals surface area contributed by atoms with Crippen LogP contribution in [0.4, 0.5) is 13.2 Å². The second-order valence-electron chi connectivity index (χ2n) is 10.4. The Balaban J connectivity index is 1.14. The molecule has 5 rings (SSSR count). The van der Waals surface area contributed by atoms with E-state index in [-0.39, 0.29) is 36.7 Å². The lowest BCUT2D eigenvalue weighted by Gasteiger charge is -2.33. The van der Waals surface area contributed by atoms with Crippen molar-refractivity contribution in [2.24, 2.45) is 0 Å². The third kappa shape index (κ3) is 5.88. The van der Waals surface area contributed by atoms with Crippen LogP contribution in [-0.2, 0) is 23.9 Å². The van der Waals surface area contributed by atoms with E-state index in [1.807, 2.05) is 29.5 Å². The van der Waals surface area contributed by atoms with E-state index in [0.29, 0.717) is 24.5 Å². The Labute approximate surface area is 229 Å². The molecule has 7 nitrogen and oxygen atoms in total. The van der Waals surface area contributed by atoms with E-state index in [1.165, 1.54) is 27.1 Å². The molecule has 0 unspecified atom stereocenters. The number of fused-ring (bicyclic) bond motifs is 1. The second kappa shape index (κ2) is 11.1. The van der Waals surface area contributed by atoms with Crippen molar-refractivity contribution >= 4 is 23.2 Å². The maximum absolute atomic E-state index is 13.3. The summed E-state index contributed by atoms with van der Waals surface area (Å²) in [5.41, 5.74) is 2.42. The van der Waals surface area contributed by atoms with Gasteiger partial charge in [-0.05, 0) is 56.2 Å². The Bertz CT molecular complexity index is 1340. The highest BCUT2D eigenvalue weighted by atomic mass is 32.1. The lowest BCUT2D eigenvalue weighted by Crippen LogP contribution is -2.38. The highest BCUT2D eigenvalue weighted by molar-refractivity contribution is 7.09. The minimum atomic E-state index is -4.50. The van der Waals surface area contributed by atoms with E-state index < -0.39 is 11.9 Å². The van der Waals surface area contributed by atoms with Crippen LogP contribution in [-0.4, -0.2) is 56.5 Å². The summed E-state index contributed by atoms with van der Waals surface area (Å²) in [6, 6.07) is 9.36. The molecule has 2 aliphatic rings. The number of nitrogens with zero attached hydrogens (tertiary/aromatic N) is 5. The smallest absolute Gasteiger partial charge is 0.343 e. The number of thiazole rings is 1.